The van der Waals surface area contributed by atoms with Crippen LogP contribution in [0.3, 0.4) is 0 Å². The highest BCUT2D eigenvalue weighted by Gasteiger charge is 2.12. The van der Waals surface area contributed by atoms with Gasteiger partial charge in [0.15, 0.2) is 15.8 Å². The summed E-state index contributed by atoms with van der Waals surface area (Å²) < 4.78 is 28.6. The molecule has 0 aromatic heterocycles. The molecule has 1 rings (SSSR count). The average molecular weight is 555 g/mol. The lowest BCUT2D eigenvalue weighted by atomic mass is 10.2. The number of rotatable bonds is 12. The molecule has 7 nitrogen and oxygen atoms in total. The summed E-state index contributed by atoms with van der Waals surface area (Å²) in [6, 6.07) is 7.53. The summed E-state index contributed by atoms with van der Waals surface area (Å²) in [7, 11) is -3.18. The minimum Gasteiger partial charge on any atom is -0.492 e. The third-order valence-electron chi connectivity index (χ3n) is 4.43. The molecule has 30 heavy (non-hydrogen) atoms. The number of hydrogen-bond donors (Lipinski definition) is 2. The van der Waals surface area contributed by atoms with Crippen molar-refractivity contribution in [1.29, 1.82) is 0 Å². The zero-order valence-electron chi connectivity index (χ0n) is 19.1. The van der Waals surface area contributed by atoms with Gasteiger partial charge in [-0.25, -0.2) is 8.42 Å². The molecule has 0 aliphatic heterocycles. The zero-order valence-corrected chi connectivity index (χ0v) is 22.3. The van der Waals surface area contributed by atoms with Crippen molar-refractivity contribution in [2.24, 2.45) is 4.99 Å². The standard InChI is InChI=1S/C21H38N4O3S.HI/c1-7-22-21(23-13-8-15-25(17(2)3)18(4)5)24-14-16-28-19-9-11-20(12-10-19)29(6,26)27;/h9-12,17-18H,7-8,13-16H2,1-6H3,(H2,22,23,24);1H. The van der Waals surface area contributed by atoms with Crippen LogP contribution in [0, 0.1) is 0 Å². The molecule has 0 aliphatic carbocycles. The lowest BCUT2D eigenvalue weighted by molar-refractivity contribution is 0.174. The molecule has 2 N–H and O–H groups in total. The molecule has 0 radical (unpaired) electrons. The normalized spacial score (nSPS) is 12.2. The van der Waals surface area contributed by atoms with E-state index in [0.29, 0.717) is 31.0 Å². The van der Waals surface area contributed by atoms with Crippen LogP contribution in [0.1, 0.15) is 41.0 Å². The highest BCUT2D eigenvalue weighted by Crippen LogP contribution is 2.15. The average Bonchev–Trinajstić information content (AvgIpc) is 2.63. The summed E-state index contributed by atoms with van der Waals surface area (Å²) in [5, 5.41) is 6.51. The van der Waals surface area contributed by atoms with Crippen LogP contribution in [0.2, 0.25) is 0 Å². The van der Waals surface area contributed by atoms with Crippen LogP contribution >= 0.6 is 24.0 Å². The SMILES string of the molecule is CCNC(=NCCCN(C(C)C)C(C)C)NCCOc1ccc(S(C)(=O)=O)cc1.I. The van der Waals surface area contributed by atoms with E-state index in [1.807, 2.05) is 6.92 Å². The van der Waals surface area contributed by atoms with E-state index in [-0.39, 0.29) is 28.9 Å². The van der Waals surface area contributed by atoms with Gasteiger partial charge in [0.25, 0.3) is 0 Å². The van der Waals surface area contributed by atoms with Gasteiger partial charge >= 0.3 is 0 Å². The Hall–Kier alpha value is -1.07. The van der Waals surface area contributed by atoms with E-state index < -0.39 is 9.84 Å². The van der Waals surface area contributed by atoms with E-state index in [4.69, 9.17) is 4.74 Å². The lowest BCUT2D eigenvalue weighted by Gasteiger charge is -2.30. The second-order valence-corrected chi connectivity index (χ2v) is 9.57. The summed E-state index contributed by atoms with van der Waals surface area (Å²) in [6.45, 7) is 14.6. The van der Waals surface area contributed by atoms with Crippen LogP contribution in [0.5, 0.6) is 5.75 Å². The molecule has 1 aromatic carbocycles. The summed E-state index contributed by atoms with van der Waals surface area (Å²) in [5.74, 6) is 1.42. The molecular weight excluding hydrogens is 515 g/mol. The Bertz CT molecular complexity index is 714. The Balaban J connectivity index is 0.00000841. The molecule has 174 valence electrons. The molecule has 0 saturated carbocycles. The fourth-order valence-electron chi connectivity index (χ4n) is 3.02. The van der Waals surface area contributed by atoms with Gasteiger partial charge in [0, 0.05) is 38.0 Å². The van der Waals surface area contributed by atoms with Crippen molar-refractivity contribution in [3.63, 3.8) is 0 Å². The molecule has 0 fully saturated rings. The number of hydrogen-bond acceptors (Lipinski definition) is 5. The third kappa shape index (κ3) is 11.4. The van der Waals surface area contributed by atoms with Crippen molar-refractivity contribution in [2.75, 3.05) is 39.0 Å². The van der Waals surface area contributed by atoms with Crippen LogP contribution in [0.15, 0.2) is 34.2 Å². The van der Waals surface area contributed by atoms with Crippen molar-refractivity contribution >= 4 is 39.8 Å². The van der Waals surface area contributed by atoms with Crippen molar-refractivity contribution in [3.8, 4) is 5.75 Å². The number of benzene rings is 1. The number of guanidine groups is 1. The molecular formula is C21H39IN4O3S. The monoisotopic (exact) mass is 554 g/mol. The number of sulfone groups is 1. The molecule has 0 atom stereocenters. The van der Waals surface area contributed by atoms with Gasteiger partial charge < -0.3 is 15.4 Å². The van der Waals surface area contributed by atoms with Crippen molar-refractivity contribution in [1.82, 2.24) is 15.5 Å². The van der Waals surface area contributed by atoms with Crippen LogP contribution in [0.25, 0.3) is 0 Å². The highest BCUT2D eigenvalue weighted by molar-refractivity contribution is 14.0. The second-order valence-electron chi connectivity index (χ2n) is 7.56. The second kappa shape index (κ2) is 14.9. The predicted octanol–water partition coefficient (Wildman–Crippen LogP) is 3.15. The van der Waals surface area contributed by atoms with E-state index in [1.54, 1.807) is 24.3 Å². The maximum absolute atomic E-state index is 11.5. The van der Waals surface area contributed by atoms with Gasteiger partial charge in [0.2, 0.25) is 0 Å². The molecule has 1 aromatic rings. The smallest absolute Gasteiger partial charge is 0.191 e. The zero-order chi connectivity index (χ0) is 21.9. The largest absolute Gasteiger partial charge is 0.492 e. The molecule has 0 unspecified atom stereocenters. The first kappa shape index (κ1) is 28.9. The minimum absolute atomic E-state index is 0. The molecule has 9 heteroatoms. The topological polar surface area (TPSA) is 83.0 Å². The summed E-state index contributed by atoms with van der Waals surface area (Å²) in [6.07, 6.45) is 2.20. The molecule has 0 spiro atoms. The van der Waals surface area contributed by atoms with E-state index in [0.717, 1.165) is 32.0 Å². The fourth-order valence-corrected chi connectivity index (χ4v) is 3.65. The maximum Gasteiger partial charge on any atom is 0.191 e. The molecule has 0 bridgehead atoms. The van der Waals surface area contributed by atoms with Crippen LogP contribution < -0.4 is 15.4 Å². The Labute approximate surface area is 200 Å². The quantitative estimate of drug-likeness (QED) is 0.179. The molecule has 0 heterocycles. The summed E-state index contributed by atoms with van der Waals surface area (Å²) in [5.41, 5.74) is 0. The molecule has 0 aliphatic rings. The maximum atomic E-state index is 11.5. The molecule has 0 saturated heterocycles. The Morgan fingerprint density at radius 2 is 1.70 bits per heavy atom. The Kier molecular flexibility index (Phi) is 14.3. The first-order chi connectivity index (χ1) is 13.6. The van der Waals surface area contributed by atoms with Gasteiger partial charge in [-0.3, -0.25) is 9.89 Å². The van der Waals surface area contributed by atoms with Gasteiger partial charge in [-0.15, -0.1) is 24.0 Å². The first-order valence-electron chi connectivity index (χ1n) is 10.4. The van der Waals surface area contributed by atoms with E-state index in [1.165, 1.54) is 6.26 Å². The van der Waals surface area contributed by atoms with Crippen LogP contribution in [-0.4, -0.2) is 70.4 Å². The number of nitrogens with zero attached hydrogens (tertiary/aromatic N) is 2. The van der Waals surface area contributed by atoms with Gasteiger partial charge in [0.05, 0.1) is 11.4 Å². The van der Waals surface area contributed by atoms with E-state index >= 15 is 0 Å². The van der Waals surface area contributed by atoms with Crippen molar-refractivity contribution < 1.29 is 13.2 Å². The summed E-state index contributed by atoms with van der Waals surface area (Å²) >= 11 is 0. The third-order valence-corrected chi connectivity index (χ3v) is 5.56. The van der Waals surface area contributed by atoms with Crippen molar-refractivity contribution in [2.45, 2.75) is 58.0 Å². The van der Waals surface area contributed by atoms with Gasteiger partial charge in [-0.05, 0) is 65.3 Å². The number of aliphatic imine (C=N–C) groups is 1. The Morgan fingerprint density at radius 3 is 2.20 bits per heavy atom. The Morgan fingerprint density at radius 1 is 1.10 bits per heavy atom. The predicted molar refractivity (Wildman–Crippen MR) is 136 cm³/mol. The van der Waals surface area contributed by atoms with Crippen LogP contribution in [-0.2, 0) is 9.84 Å². The fraction of sp³-hybridized carbons (Fsp3) is 0.667. The first-order valence-corrected chi connectivity index (χ1v) is 12.2. The van der Waals surface area contributed by atoms with E-state index in [9.17, 15) is 8.42 Å². The van der Waals surface area contributed by atoms with Gasteiger partial charge in [-0.1, -0.05) is 0 Å². The number of nitrogens with one attached hydrogen (secondary N) is 2. The van der Waals surface area contributed by atoms with Gasteiger partial charge in [-0.2, -0.15) is 0 Å². The highest BCUT2D eigenvalue weighted by atomic mass is 127. The van der Waals surface area contributed by atoms with Crippen molar-refractivity contribution in [3.05, 3.63) is 24.3 Å². The van der Waals surface area contributed by atoms with Crippen LogP contribution in [0.4, 0.5) is 0 Å². The summed E-state index contributed by atoms with van der Waals surface area (Å²) in [4.78, 5) is 7.39. The lowest BCUT2D eigenvalue weighted by Crippen LogP contribution is -2.40. The number of ether oxygens (including phenoxy) is 1. The number of halogens is 1. The van der Waals surface area contributed by atoms with E-state index in [2.05, 4.69) is 48.2 Å². The minimum atomic E-state index is -3.18. The van der Waals surface area contributed by atoms with Gasteiger partial charge in [0.1, 0.15) is 12.4 Å². The molecule has 0 amide bonds.